The summed E-state index contributed by atoms with van der Waals surface area (Å²) in [6.07, 6.45) is 2.49. The van der Waals surface area contributed by atoms with Crippen molar-refractivity contribution in [3.8, 4) is 5.75 Å². The number of para-hydroxylation sites is 2. The van der Waals surface area contributed by atoms with Crippen molar-refractivity contribution in [2.75, 3.05) is 17.7 Å². The fourth-order valence-corrected chi connectivity index (χ4v) is 3.66. The van der Waals surface area contributed by atoms with Gasteiger partial charge in [0.1, 0.15) is 11.6 Å². The lowest BCUT2D eigenvalue weighted by molar-refractivity contribution is -0.119. The number of aromatic nitrogens is 2. The summed E-state index contributed by atoms with van der Waals surface area (Å²) in [5.74, 6) is 0.690. The third kappa shape index (κ3) is 4.21. The van der Waals surface area contributed by atoms with E-state index in [1.54, 1.807) is 24.3 Å². The first kappa shape index (κ1) is 20.8. The van der Waals surface area contributed by atoms with Gasteiger partial charge in [0, 0.05) is 17.2 Å². The van der Waals surface area contributed by atoms with E-state index in [4.69, 9.17) is 4.74 Å². The van der Waals surface area contributed by atoms with Gasteiger partial charge in [-0.15, -0.1) is 0 Å². The maximum absolute atomic E-state index is 12.7. The largest absolute Gasteiger partial charge is 0.495 e. The lowest BCUT2D eigenvalue weighted by atomic mass is 9.92. The number of carbonyl (C=O) groups is 2. The smallest absolute Gasteiger partial charge is 0.324 e. The Balaban J connectivity index is 1.65. The van der Waals surface area contributed by atoms with E-state index in [2.05, 4.69) is 25.7 Å². The van der Waals surface area contributed by atoms with Crippen molar-refractivity contribution in [1.82, 2.24) is 9.78 Å². The van der Waals surface area contributed by atoms with Crippen LogP contribution in [-0.2, 0) is 10.2 Å². The standard InChI is InChI=1S/C22H26N6O3/c1-22(2,3)17-12-18(25-21(30)24-15-9-5-6-11-16(15)31-4)28(27-17)20-23-14-10-7-8-13(14)19(29)26-20/h5-6,9,11-13H,7-8,10H2,1-4H3,(H2,24,25,30). The number of hydrogen-bond acceptors (Lipinski definition) is 5. The number of ether oxygens (including phenoxy) is 1. The van der Waals surface area contributed by atoms with Gasteiger partial charge in [0.25, 0.3) is 11.9 Å². The van der Waals surface area contributed by atoms with Gasteiger partial charge in [-0.2, -0.15) is 14.8 Å². The van der Waals surface area contributed by atoms with Gasteiger partial charge in [0.15, 0.2) is 0 Å². The van der Waals surface area contributed by atoms with E-state index in [-0.39, 0.29) is 23.2 Å². The fourth-order valence-electron chi connectivity index (χ4n) is 3.66. The molecule has 2 aromatic rings. The molecule has 1 aromatic carbocycles. The Morgan fingerprint density at radius 2 is 1.97 bits per heavy atom. The van der Waals surface area contributed by atoms with Crippen molar-refractivity contribution in [2.24, 2.45) is 15.9 Å². The average Bonchev–Trinajstić information content (AvgIpc) is 3.35. The topological polar surface area (TPSA) is 110 Å². The second kappa shape index (κ2) is 7.98. The normalized spacial score (nSPS) is 18.2. The molecular formula is C22H26N6O3. The molecule has 9 nitrogen and oxygen atoms in total. The highest BCUT2D eigenvalue weighted by molar-refractivity contribution is 6.17. The predicted molar refractivity (Wildman–Crippen MR) is 119 cm³/mol. The maximum atomic E-state index is 12.7. The van der Waals surface area contributed by atoms with Crippen molar-refractivity contribution in [1.29, 1.82) is 0 Å². The molecule has 1 aliphatic carbocycles. The van der Waals surface area contributed by atoms with E-state index in [9.17, 15) is 9.59 Å². The van der Waals surface area contributed by atoms with Crippen LogP contribution in [0.4, 0.5) is 16.3 Å². The summed E-state index contributed by atoms with van der Waals surface area (Å²) in [5, 5.41) is 10.2. The van der Waals surface area contributed by atoms with Crippen LogP contribution in [0.2, 0.25) is 0 Å². The van der Waals surface area contributed by atoms with Gasteiger partial charge in [-0.05, 0) is 31.4 Å². The molecule has 2 heterocycles. The summed E-state index contributed by atoms with van der Waals surface area (Å²) in [6, 6.07) is 8.42. The monoisotopic (exact) mass is 422 g/mol. The molecule has 1 aromatic heterocycles. The molecule has 0 spiro atoms. The molecule has 162 valence electrons. The van der Waals surface area contributed by atoms with Gasteiger partial charge in [-0.25, -0.2) is 9.79 Å². The number of fused-ring (bicyclic) bond motifs is 1. The molecule has 31 heavy (non-hydrogen) atoms. The van der Waals surface area contributed by atoms with E-state index in [1.807, 2.05) is 26.8 Å². The van der Waals surface area contributed by atoms with Crippen LogP contribution in [0.1, 0.15) is 45.7 Å². The minimum atomic E-state index is -0.472. The summed E-state index contributed by atoms with van der Waals surface area (Å²) < 4.78 is 6.71. The van der Waals surface area contributed by atoms with Gasteiger partial charge in [-0.3, -0.25) is 10.1 Å². The Bertz CT molecular complexity index is 1090. The van der Waals surface area contributed by atoms with Crippen LogP contribution in [0.3, 0.4) is 0 Å². The number of nitrogens with zero attached hydrogens (tertiary/aromatic N) is 4. The molecule has 1 fully saturated rings. The van der Waals surface area contributed by atoms with Gasteiger partial charge >= 0.3 is 6.03 Å². The number of rotatable bonds is 3. The Morgan fingerprint density at radius 1 is 1.19 bits per heavy atom. The van der Waals surface area contributed by atoms with E-state index in [0.29, 0.717) is 17.3 Å². The third-order valence-corrected chi connectivity index (χ3v) is 5.34. The molecule has 0 bridgehead atoms. The third-order valence-electron chi connectivity index (χ3n) is 5.34. The summed E-state index contributed by atoms with van der Waals surface area (Å²) in [6.45, 7) is 6.06. The molecule has 4 rings (SSSR count). The van der Waals surface area contributed by atoms with E-state index >= 15 is 0 Å². The first-order valence-corrected chi connectivity index (χ1v) is 10.3. The number of nitrogens with one attached hydrogen (secondary N) is 2. The number of urea groups is 1. The zero-order chi connectivity index (χ0) is 22.2. The van der Waals surface area contributed by atoms with Crippen LogP contribution in [0.15, 0.2) is 40.3 Å². The lowest BCUT2D eigenvalue weighted by Crippen LogP contribution is -2.29. The van der Waals surface area contributed by atoms with Crippen molar-refractivity contribution < 1.29 is 14.3 Å². The minimum Gasteiger partial charge on any atom is -0.495 e. The Hall–Kier alpha value is -3.49. The van der Waals surface area contributed by atoms with Gasteiger partial charge < -0.3 is 10.1 Å². The molecule has 2 aliphatic rings. The molecule has 1 aliphatic heterocycles. The predicted octanol–water partition coefficient (Wildman–Crippen LogP) is 3.82. The van der Waals surface area contributed by atoms with Crippen molar-refractivity contribution in [3.63, 3.8) is 0 Å². The zero-order valence-corrected chi connectivity index (χ0v) is 18.1. The highest BCUT2D eigenvalue weighted by Crippen LogP contribution is 2.29. The van der Waals surface area contributed by atoms with Gasteiger partial charge in [0.2, 0.25) is 0 Å². The number of methoxy groups -OCH3 is 1. The van der Waals surface area contributed by atoms with Gasteiger partial charge in [-0.1, -0.05) is 32.9 Å². The van der Waals surface area contributed by atoms with E-state index in [0.717, 1.165) is 30.7 Å². The van der Waals surface area contributed by atoms with E-state index < -0.39 is 6.03 Å². The molecule has 1 atom stereocenters. The molecule has 2 N–H and O–H groups in total. The average molecular weight is 422 g/mol. The maximum Gasteiger partial charge on any atom is 0.324 e. The number of hydrogen-bond donors (Lipinski definition) is 2. The van der Waals surface area contributed by atoms with Crippen LogP contribution in [0.25, 0.3) is 0 Å². The van der Waals surface area contributed by atoms with Crippen molar-refractivity contribution >= 4 is 35.1 Å². The number of amides is 3. The number of anilines is 2. The van der Waals surface area contributed by atoms with E-state index in [1.165, 1.54) is 11.8 Å². The molecule has 0 radical (unpaired) electrons. The second-order valence-electron chi connectivity index (χ2n) is 8.65. The zero-order valence-electron chi connectivity index (χ0n) is 18.1. The fraction of sp³-hybridized carbons (Fsp3) is 0.409. The van der Waals surface area contributed by atoms with Crippen LogP contribution in [0.5, 0.6) is 5.75 Å². The molecular weight excluding hydrogens is 396 g/mol. The van der Waals surface area contributed by atoms with Crippen molar-refractivity contribution in [3.05, 3.63) is 36.0 Å². The number of benzene rings is 1. The van der Waals surface area contributed by atoms with Crippen LogP contribution in [0, 0.1) is 5.92 Å². The summed E-state index contributed by atoms with van der Waals surface area (Å²) in [7, 11) is 1.54. The summed E-state index contributed by atoms with van der Waals surface area (Å²) >= 11 is 0. The first-order chi connectivity index (χ1) is 14.8. The number of carbonyl (C=O) groups excluding carboxylic acids is 2. The summed E-state index contributed by atoms with van der Waals surface area (Å²) in [4.78, 5) is 34.0. The second-order valence-corrected chi connectivity index (χ2v) is 8.65. The van der Waals surface area contributed by atoms with Crippen LogP contribution >= 0.6 is 0 Å². The Morgan fingerprint density at radius 3 is 2.71 bits per heavy atom. The molecule has 3 amide bonds. The highest BCUT2D eigenvalue weighted by atomic mass is 16.5. The Kier molecular flexibility index (Phi) is 5.34. The molecule has 1 saturated carbocycles. The van der Waals surface area contributed by atoms with Crippen LogP contribution < -0.4 is 15.4 Å². The van der Waals surface area contributed by atoms with Crippen molar-refractivity contribution in [2.45, 2.75) is 45.4 Å². The molecule has 0 saturated heterocycles. The quantitative estimate of drug-likeness (QED) is 0.783. The molecule has 9 heteroatoms. The first-order valence-electron chi connectivity index (χ1n) is 10.3. The SMILES string of the molecule is COc1ccccc1NC(=O)Nc1cc(C(C)(C)C)nn1C1=NC(=O)C2CCCC2=N1. The minimum absolute atomic E-state index is 0.182. The van der Waals surface area contributed by atoms with Crippen LogP contribution in [-0.4, -0.2) is 40.5 Å². The lowest BCUT2D eigenvalue weighted by Gasteiger charge is -2.16. The summed E-state index contributed by atoms with van der Waals surface area (Å²) in [5.41, 5.74) is 1.84. The number of aliphatic imine (C=N–C) groups is 2. The molecule has 1 unspecified atom stereocenters. The highest BCUT2D eigenvalue weighted by Gasteiger charge is 2.34. The van der Waals surface area contributed by atoms with Gasteiger partial charge in [0.05, 0.1) is 24.4 Å². The Labute approximate surface area is 180 Å².